The highest BCUT2D eigenvalue weighted by Gasteiger charge is 2.38. The normalized spacial score (nSPS) is 20.8. The van der Waals surface area contributed by atoms with Gasteiger partial charge >= 0.3 is 6.03 Å². The number of urea groups is 1. The molecule has 2 fully saturated rings. The van der Waals surface area contributed by atoms with Crippen molar-refractivity contribution in [1.29, 1.82) is 0 Å². The first-order valence-corrected chi connectivity index (χ1v) is 11.0. The zero-order chi connectivity index (χ0) is 18.6. The van der Waals surface area contributed by atoms with Crippen LogP contribution in [-0.4, -0.2) is 25.4 Å². The van der Waals surface area contributed by atoms with Crippen LogP contribution in [0.2, 0.25) is 0 Å². The summed E-state index contributed by atoms with van der Waals surface area (Å²) >= 11 is 0. The van der Waals surface area contributed by atoms with Gasteiger partial charge in [-0.2, -0.15) is 5.10 Å². The van der Waals surface area contributed by atoms with Crippen molar-refractivity contribution in [3.05, 3.63) is 34.8 Å². The van der Waals surface area contributed by atoms with Crippen LogP contribution in [0.4, 0.5) is 10.5 Å². The van der Waals surface area contributed by atoms with Gasteiger partial charge in [0, 0.05) is 22.9 Å². The van der Waals surface area contributed by atoms with E-state index in [0.717, 1.165) is 54.7 Å². The number of pyridine rings is 1. The number of fused-ring (bicyclic) bond motifs is 1. The Kier molecular flexibility index (Phi) is 3.83. The van der Waals surface area contributed by atoms with E-state index in [1.165, 1.54) is 30.7 Å². The van der Waals surface area contributed by atoms with Crippen LogP contribution in [0.25, 0.3) is 0 Å². The molecule has 0 saturated heterocycles. The average molecular weight is 386 g/mol. The molecule has 2 saturated carbocycles. The number of aryl methyl sites for hydroxylation is 1. The Morgan fingerprint density at radius 2 is 2.04 bits per heavy atom. The molecule has 2 amide bonds. The van der Waals surface area contributed by atoms with Crippen LogP contribution in [0.1, 0.15) is 66.5 Å². The minimum Gasteiger partial charge on any atom is -0.305 e. The van der Waals surface area contributed by atoms with Crippen LogP contribution >= 0.6 is 0 Å². The van der Waals surface area contributed by atoms with Gasteiger partial charge in [-0.25, -0.2) is 14.1 Å². The Labute approximate surface area is 157 Å². The minimum atomic E-state index is -3.35. The molecule has 2 aromatic heterocycles. The SMILES string of the molecule is NS(=O)(=NC(=O)Nc1c2c(nc(C3CC3)c1C1CC1)CCC2)c1ccn[nH]1. The number of aromatic nitrogens is 3. The molecule has 0 bridgehead atoms. The number of hydrogen-bond acceptors (Lipinski definition) is 4. The second kappa shape index (κ2) is 6.13. The topological polar surface area (TPSA) is 126 Å². The predicted octanol–water partition coefficient (Wildman–Crippen LogP) is 2.98. The summed E-state index contributed by atoms with van der Waals surface area (Å²) in [6.07, 6.45) is 8.91. The minimum absolute atomic E-state index is 0.138. The van der Waals surface area contributed by atoms with Crippen molar-refractivity contribution in [1.82, 2.24) is 15.2 Å². The number of nitrogens with zero attached hydrogens (tertiary/aromatic N) is 3. The maximum Gasteiger partial charge on any atom is 0.354 e. The number of rotatable bonds is 4. The lowest BCUT2D eigenvalue weighted by Crippen LogP contribution is -2.19. The fourth-order valence-electron chi connectivity index (χ4n) is 3.92. The Balaban J connectivity index is 1.55. The number of H-pyrrole nitrogens is 1. The monoisotopic (exact) mass is 386 g/mol. The van der Waals surface area contributed by atoms with Gasteiger partial charge in [0.1, 0.15) is 5.03 Å². The van der Waals surface area contributed by atoms with Crippen molar-refractivity contribution in [2.45, 2.75) is 61.8 Å². The molecule has 1 unspecified atom stereocenters. The predicted molar refractivity (Wildman–Crippen MR) is 101 cm³/mol. The summed E-state index contributed by atoms with van der Waals surface area (Å²) in [5, 5.41) is 15.1. The second-order valence-electron chi connectivity index (χ2n) is 7.62. The molecule has 8 nitrogen and oxygen atoms in total. The first-order valence-electron chi connectivity index (χ1n) is 9.44. The maximum absolute atomic E-state index is 12.6. The summed E-state index contributed by atoms with van der Waals surface area (Å²) in [5.41, 5.74) is 5.42. The largest absolute Gasteiger partial charge is 0.354 e. The third-order valence-electron chi connectivity index (χ3n) is 5.48. The lowest BCUT2D eigenvalue weighted by atomic mass is 9.98. The molecule has 0 spiro atoms. The van der Waals surface area contributed by atoms with Crippen molar-refractivity contribution >= 4 is 21.6 Å². The number of carbonyl (C=O) groups is 1. The van der Waals surface area contributed by atoms with Gasteiger partial charge in [0.15, 0.2) is 9.92 Å². The Bertz CT molecular complexity index is 1030. The van der Waals surface area contributed by atoms with Gasteiger partial charge in [-0.1, -0.05) is 0 Å². The number of aromatic amines is 1. The van der Waals surface area contributed by atoms with Crippen molar-refractivity contribution < 1.29 is 9.00 Å². The van der Waals surface area contributed by atoms with Gasteiger partial charge in [-0.05, 0) is 62.5 Å². The maximum atomic E-state index is 12.6. The van der Waals surface area contributed by atoms with Gasteiger partial charge in [-0.15, -0.1) is 4.36 Å². The molecule has 2 heterocycles. The molecular formula is C18H22N6O2S. The van der Waals surface area contributed by atoms with Crippen molar-refractivity contribution in [3.8, 4) is 0 Å². The molecule has 1 atom stereocenters. The van der Waals surface area contributed by atoms with Crippen LogP contribution in [-0.2, 0) is 22.8 Å². The summed E-state index contributed by atoms with van der Waals surface area (Å²) in [7, 11) is -3.35. The fraction of sp³-hybridized carbons (Fsp3) is 0.500. The van der Waals surface area contributed by atoms with Crippen LogP contribution in [0.3, 0.4) is 0 Å². The van der Waals surface area contributed by atoms with E-state index in [2.05, 4.69) is 19.9 Å². The summed E-state index contributed by atoms with van der Waals surface area (Å²) < 4.78 is 16.3. The quantitative estimate of drug-likeness (QED) is 0.746. The lowest BCUT2D eigenvalue weighted by molar-refractivity contribution is 0.260. The van der Waals surface area contributed by atoms with Gasteiger partial charge < -0.3 is 5.32 Å². The van der Waals surface area contributed by atoms with Crippen molar-refractivity contribution in [2.75, 3.05) is 5.32 Å². The Morgan fingerprint density at radius 1 is 1.26 bits per heavy atom. The lowest BCUT2D eigenvalue weighted by Gasteiger charge is -2.18. The fourth-order valence-corrected chi connectivity index (χ4v) is 4.75. The summed E-state index contributed by atoms with van der Waals surface area (Å²) in [5.74, 6) is 0.979. The number of nitrogens with one attached hydrogen (secondary N) is 2. The molecule has 5 rings (SSSR count). The van der Waals surface area contributed by atoms with Crippen LogP contribution in [0, 0.1) is 0 Å². The van der Waals surface area contributed by atoms with Crippen LogP contribution in [0.5, 0.6) is 0 Å². The van der Waals surface area contributed by atoms with E-state index in [1.54, 1.807) is 0 Å². The molecule has 4 N–H and O–H groups in total. The number of amides is 2. The van der Waals surface area contributed by atoms with E-state index < -0.39 is 15.9 Å². The zero-order valence-corrected chi connectivity index (χ0v) is 15.7. The smallest absolute Gasteiger partial charge is 0.305 e. The molecule has 2 aromatic rings. The van der Waals surface area contributed by atoms with Crippen molar-refractivity contribution in [2.24, 2.45) is 9.50 Å². The molecule has 0 aromatic carbocycles. The molecule has 142 valence electrons. The van der Waals surface area contributed by atoms with Gasteiger partial charge in [0.2, 0.25) is 0 Å². The van der Waals surface area contributed by atoms with E-state index >= 15 is 0 Å². The van der Waals surface area contributed by atoms with Crippen LogP contribution < -0.4 is 10.5 Å². The molecular weight excluding hydrogens is 364 g/mol. The van der Waals surface area contributed by atoms with E-state index in [9.17, 15) is 9.00 Å². The molecule has 3 aliphatic rings. The van der Waals surface area contributed by atoms with Gasteiger partial charge in [-0.3, -0.25) is 10.1 Å². The Hall–Kier alpha value is -2.26. The third kappa shape index (κ3) is 3.14. The number of nitrogens with two attached hydrogens (primary N) is 1. The standard InChI is InChI=1S/C18H22N6O2S/c19-27(26,14-8-9-20-23-14)24-18(25)22-17-12-2-1-3-13(12)21-16(11-6-7-11)15(17)10-4-5-10/h8-11H,1-7H2,(H,20,23)(H3,19,21,22,24,25,26). The third-order valence-corrected chi connectivity index (χ3v) is 6.78. The van der Waals surface area contributed by atoms with Gasteiger partial charge in [0.05, 0.1) is 11.9 Å². The molecule has 0 aliphatic heterocycles. The summed E-state index contributed by atoms with van der Waals surface area (Å²) in [4.78, 5) is 17.6. The highest BCUT2D eigenvalue weighted by Crippen LogP contribution is 2.52. The summed E-state index contributed by atoms with van der Waals surface area (Å²) in [6.45, 7) is 0. The van der Waals surface area contributed by atoms with E-state index in [4.69, 9.17) is 10.1 Å². The van der Waals surface area contributed by atoms with Crippen LogP contribution in [0.15, 0.2) is 21.7 Å². The molecule has 27 heavy (non-hydrogen) atoms. The highest BCUT2D eigenvalue weighted by atomic mass is 32.2. The number of carbonyl (C=O) groups excluding carboxylic acids is 1. The Morgan fingerprint density at radius 3 is 2.70 bits per heavy atom. The highest BCUT2D eigenvalue weighted by molar-refractivity contribution is 7.91. The zero-order valence-electron chi connectivity index (χ0n) is 14.9. The number of anilines is 1. The summed E-state index contributed by atoms with van der Waals surface area (Å²) in [6, 6.07) is 0.783. The van der Waals surface area contributed by atoms with Crippen molar-refractivity contribution in [3.63, 3.8) is 0 Å². The van der Waals surface area contributed by atoms with Gasteiger partial charge in [0.25, 0.3) is 0 Å². The number of hydrogen-bond donors (Lipinski definition) is 3. The van der Waals surface area contributed by atoms with E-state index in [-0.39, 0.29) is 5.03 Å². The molecule has 0 radical (unpaired) electrons. The van der Waals surface area contributed by atoms with E-state index in [0.29, 0.717) is 11.8 Å². The average Bonchev–Trinajstić information content (AvgIpc) is 3.53. The van der Waals surface area contributed by atoms with E-state index in [1.807, 2.05) is 0 Å². The molecule has 3 aliphatic carbocycles. The second-order valence-corrected chi connectivity index (χ2v) is 9.38. The molecule has 9 heteroatoms. The first-order chi connectivity index (χ1) is 13.0. The first kappa shape index (κ1) is 16.9.